The van der Waals surface area contributed by atoms with E-state index in [2.05, 4.69) is 5.43 Å². The van der Waals surface area contributed by atoms with Crippen molar-refractivity contribution in [2.45, 2.75) is 24.2 Å². The second kappa shape index (κ2) is 12.2. The van der Waals surface area contributed by atoms with Crippen molar-refractivity contribution in [3.05, 3.63) is 130 Å². The molecule has 3 fully saturated rings. The SMILES string of the molecule is COc1ccc(O)c(C2C3=CCC4C(=O)N(c5ccc(Cl)cc5)C(=O)C4C3CC3C(=O)N(Nc4ccc(F)cc4)C(=O)C32c2ccc(Cl)cc2)c1. The van der Waals surface area contributed by atoms with Crippen LogP contribution in [0.3, 0.4) is 0 Å². The van der Waals surface area contributed by atoms with Crippen LogP contribution in [0.4, 0.5) is 15.8 Å². The average Bonchev–Trinajstić information content (AvgIpc) is 3.51. The van der Waals surface area contributed by atoms with Crippen LogP contribution in [0.2, 0.25) is 10.0 Å². The number of amides is 4. The molecular weight excluding hydrogens is 696 g/mol. The molecule has 2 N–H and O–H groups in total. The van der Waals surface area contributed by atoms with Crippen LogP contribution in [-0.2, 0) is 24.6 Å². The number of phenols is 1. The normalized spacial score (nSPS) is 26.8. The summed E-state index contributed by atoms with van der Waals surface area (Å²) < 4.78 is 19.4. The van der Waals surface area contributed by atoms with Gasteiger partial charge in [-0.1, -0.05) is 47.0 Å². The zero-order valence-corrected chi connectivity index (χ0v) is 28.6. The number of imide groups is 2. The van der Waals surface area contributed by atoms with E-state index in [0.717, 1.165) is 5.01 Å². The lowest BCUT2D eigenvalue weighted by atomic mass is 9.49. The molecule has 2 saturated heterocycles. The van der Waals surface area contributed by atoms with E-state index in [-0.39, 0.29) is 24.5 Å². The Kier molecular flexibility index (Phi) is 7.92. The number of benzene rings is 4. The Bertz CT molecular complexity index is 2140. The number of fused-ring (bicyclic) bond motifs is 4. The van der Waals surface area contributed by atoms with Crippen LogP contribution in [0.5, 0.6) is 11.5 Å². The number of phenolic OH excluding ortho intramolecular Hbond substituents is 1. The smallest absolute Gasteiger partial charge is 0.260 e. The van der Waals surface area contributed by atoms with Crippen LogP contribution in [0.25, 0.3) is 0 Å². The first-order chi connectivity index (χ1) is 24.5. The minimum Gasteiger partial charge on any atom is -0.508 e. The summed E-state index contributed by atoms with van der Waals surface area (Å²) in [6.07, 6.45) is 2.15. The van der Waals surface area contributed by atoms with Crippen molar-refractivity contribution in [3.63, 3.8) is 0 Å². The molecule has 8 rings (SSSR count). The average molecular weight is 727 g/mol. The Labute approximate surface area is 302 Å². The monoisotopic (exact) mass is 725 g/mol. The summed E-state index contributed by atoms with van der Waals surface area (Å²) in [6.45, 7) is 0. The highest BCUT2D eigenvalue weighted by Gasteiger charge is 2.70. The second-order valence-corrected chi connectivity index (χ2v) is 14.2. The minimum atomic E-state index is -1.64. The summed E-state index contributed by atoms with van der Waals surface area (Å²) in [7, 11) is 1.48. The number of hydrogen-bond donors (Lipinski definition) is 2. The summed E-state index contributed by atoms with van der Waals surface area (Å²) >= 11 is 12.5. The largest absolute Gasteiger partial charge is 0.508 e. The van der Waals surface area contributed by atoms with Gasteiger partial charge in [-0.2, -0.15) is 5.01 Å². The molecule has 0 radical (unpaired) electrons. The minimum absolute atomic E-state index is 0.0521. The number of allylic oxidation sites excluding steroid dienone is 2. The van der Waals surface area contributed by atoms with Gasteiger partial charge < -0.3 is 9.84 Å². The fourth-order valence-electron chi connectivity index (χ4n) is 8.74. The van der Waals surface area contributed by atoms with Gasteiger partial charge >= 0.3 is 0 Å². The number of nitrogens with one attached hydrogen (secondary N) is 1. The number of carbonyl (C=O) groups excluding carboxylic acids is 4. The molecule has 51 heavy (non-hydrogen) atoms. The van der Waals surface area contributed by atoms with E-state index in [0.29, 0.717) is 43.9 Å². The summed E-state index contributed by atoms with van der Waals surface area (Å²) in [5, 5.41) is 13.4. The maximum absolute atomic E-state index is 15.2. The third-order valence-electron chi connectivity index (χ3n) is 10.9. The maximum atomic E-state index is 15.2. The number of carbonyl (C=O) groups is 4. The number of nitrogens with zero attached hydrogens (tertiary/aromatic N) is 2. The highest BCUT2D eigenvalue weighted by atomic mass is 35.5. The van der Waals surface area contributed by atoms with E-state index in [4.69, 9.17) is 27.9 Å². The highest BCUT2D eigenvalue weighted by Crippen LogP contribution is 2.65. The fourth-order valence-corrected chi connectivity index (χ4v) is 8.99. The molecule has 2 aliphatic carbocycles. The number of anilines is 2. The first-order valence-electron chi connectivity index (χ1n) is 16.4. The first kappa shape index (κ1) is 33.0. The lowest BCUT2D eigenvalue weighted by Gasteiger charge is -2.50. The highest BCUT2D eigenvalue weighted by molar-refractivity contribution is 6.31. The first-order valence-corrected chi connectivity index (χ1v) is 17.2. The van der Waals surface area contributed by atoms with E-state index in [1.165, 1.54) is 42.3 Å². The molecule has 0 bridgehead atoms. The molecule has 0 spiro atoms. The Hall–Kier alpha value is -5.19. The van der Waals surface area contributed by atoms with Gasteiger partial charge in [0.15, 0.2) is 0 Å². The predicted molar refractivity (Wildman–Crippen MR) is 188 cm³/mol. The predicted octanol–water partition coefficient (Wildman–Crippen LogP) is 7.04. The number of ether oxygens (including phenoxy) is 1. The molecular formula is C39H30Cl2FN3O6. The van der Waals surface area contributed by atoms with Gasteiger partial charge in [-0.15, -0.1) is 0 Å². The number of methoxy groups -OCH3 is 1. The summed E-state index contributed by atoms with van der Waals surface area (Å²) in [5.74, 6) is -6.41. The maximum Gasteiger partial charge on any atom is 0.260 e. The van der Waals surface area contributed by atoms with E-state index in [1.54, 1.807) is 60.7 Å². The van der Waals surface area contributed by atoms with E-state index in [9.17, 15) is 23.9 Å². The van der Waals surface area contributed by atoms with Crippen molar-refractivity contribution in [1.82, 2.24) is 5.01 Å². The molecule has 6 atom stereocenters. The zero-order valence-electron chi connectivity index (χ0n) is 27.1. The van der Waals surface area contributed by atoms with Gasteiger partial charge in [-0.05, 0) is 103 Å². The third kappa shape index (κ3) is 4.95. The molecule has 0 aromatic heterocycles. The third-order valence-corrected chi connectivity index (χ3v) is 11.4. The van der Waals surface area contributed by atoms with Gasteiger partial charge in [-0.3, -0.25) is 29.5 Å². The Morgan fingerprint density at radius 2 is 1.51 bits per heavy atom. The van der Waals surface area contributed by atoms with Gasteiger partial charge in [0.1, 0.15) is 17.3 Å². The van der Waals surface area contributed by atoms with Gasteiger partial charge in [0, 0.05) is 21.5 Å². The number of halogens is 3. The molecule has 4 amide bonds. The topological polar surface area (TPSA) is 116 Å². The molecule has 4 aromatic carbocycles. The molecule has 4 aliphatic rings. The Morgan fingerprint density at radius 1 is 0.843 bits per heavy atom. The van der Waals surface area contributed by atoms with Gasteiger partial charge in [0.2, 0.25) is 11.8 Å². The summed E-state index contributed by atoms with van der Waals surface area (Å²) in [5.41, 5.74) is 3.41. The number of hydrogen-bond acceptors (Lipinski definition) is 7. The molecule has 2 aliphatic heterocycles. The van der Waals surface area contributed by atoms with Crippen LogP contribution < -0.4 is 15.1 Å². The molecule has 258 valence electrons. The lowest BCUT2D eigenvalue weighted by Crippen LogP contribution is -2.53. The standard InChI is InChI=1S/C39H30Cl2FN3O6/c1-51-26-14-17-32(46)30(18-26)34-27-15-16-28-33(37(49)44(35(28)47)25-12-6-22(41)7-13-25)29(27)19-31-36(48)45(43-24-10-8-23(42)9-11-24)38(50)39(31,34)20-2-4-21(40)5-3-20/h2-15,17-18,28-29,31,33-34,43,46H,16,19H2,1H3. The molecule has 6 unspecified atom stereocenters. The van der Waals surface area contributed by atoms with E-state index in [1.807, 2.05) is 6.08 Å². The Balaban J connectivity index is 1.34. The van der Waals surface area contributed by atoms with Crippen LogP contribution in [-0.4, -0.2) is 40.9 Å². The van der Waals surface area contributed by atoms with Crippen molar-refractivity contribution in [3.8, 4) is 11.5 Å². The van der Waals surface area contributed by atoms with Gasteiger partial charge in [0.25, 0.3) is 11.8 Å². The number of rotatable bonds is 6. The van der Waals surface area contributed by atoms with Crippen LogP contribution >= 0.6 is 23.2 Å². The second-order valence-electron chi connectivity index (χ2n) is 13.3. The van der Waals surface area contributed by atoms with Crippen LogP contribution in [0.1, 0.15) is 29.9 Å². The zero-order chi connectivity index (χ0) is 35.8. The van der Waals surface area contributed by atoms with Crippen molar-refractivity contribution >= 4 is 58.2 Å². The molecule has 1 saturated carbocycles. The lowest BCUT2D eigenvalue weighted by molar-refractivity contribution is -0.138. The van der Waals surface area contributed by atoms with Gasteiger partial charge in [0.05, 0.1) is 41.7 Å². The number of hydrazine groups is 1. The molecule has 2 heterocycles. The molecule has 9 nitrogen and oxygen atoms in total. The van der Waals surface area contributed by atoms with Gasteiger partial charge in [-0.25, -0.2) is 4.39 Å². The Morgan fingerprint density at radius 3 is 2.18 bits per heavy atom. The van der Waals surface area contributed by atoms with Crippen molar-refractivity contribution in [2.75, 3.05) is 17.4 Å². The summed E-state index contributed by atoms with van der Waals surface area (Å²) in [6, 6.07) is 23.1. The number of aromatic hydroxyl groups is 1. The van der Waals surface area contributed by atoms with Crippen LogP contribution in [0, 0.1) is 29.5 Å². The van der Waals surface area contributed by atoms with E-state index < -0.39 is 58.5 Å². The summed E-state index contributed by atoms with van der Waals surface area (Å²) in [4.78, 5) is 59.5. The molecule has 4 aromatic rings. The van der Waals surface area contributed by atoms with Crippen LogP contribution in [0.15, 0.2) is 103 Å². The van der Waals surface area contributed by atoms with Crippen molar-refractivity contribution in [2.24, 2.45) is 23.7 Å². The van der Waals surface area contributed by atoms with E-state index >= 15 is 4.79 Å². The van der Waals surface area contributed by atoms with Crippen molar-refractivity contribution < 1.29 is 33.4 Å². The quantitative estimate of drug-likeness (QED) is 0.162. The van der Waals surface area contributed by atoms with Crippen molar-refractivity contribution in [1.29, 1.82) is 0 Å². The molecule has 12 heteroatoms. The fraction of sp³-hybridized carbons (Fsp3) is 0.231.